The minimum atomic E-state index is -0.366. The summed E-state index contributed by atoms with van der Waals surface area (Å²) >= 11 is 1.65. The second-order valence-corrected chi connectivity index (χ2v) is 6.13. The number of para-hydroxylation sites is 1. The average Bonchev–Trinajstić information content (AvgIpc) is 3.21. The zero-order valence-corrected chi connectivity index (χ0v) is 13.2. The van der Waals surface area contributed by atoms with Gasteiger partial charge in [0.25, 0.3) is 5.91 Å². The van der Waals surface area contributed by atoms with E-state index in [2.05, 4.69) is 20.8 Å². The number of nitrogens with zero attached hydrogens (tertiary/aromatic N) is 1. The highest BCUT2D eigenvalue weighted by molar-refractivity contribution is 7.18. The molecule has 3 aromatic rings. The molecule has 2 heterocycles. The van der Waals surface area contributed by atoms with E-state index in [4.69, 9.17) is 0 Å². The van der Waals surface area contributed by atoms with Crippen molar-refractivity contribution >= 4 is 33.4 Å². The lowest BCUT2D eigenvalue weighted by atomic mass is 10.2. The smallest absolute Gasteiger partial charge is 0.286 e. The zero-order chi connectivity index (χ0) is 16.1. The molecule has 0 radical (unpaired) electrons. The first kappa shape index (κ1) is 15.2. The lowest BCUT2D eigenvalue weighted by Gasteiger charge is -2.05. The molecular weight excluding hydrogens is 312 g/mol. The number of hydrogen-bond acceptors (Lipinski definition) is 4. The first-order chi connectivity index (χ1) is 11.2. The Morgan fingerprint density at radius 1 is 1.13 bits per heavy atom. The molecule has 0 spiro atoms. The highest BCUT2D eigenvalue weighted by Gasteiger charge is 2.08. The van der Waals surface area contributed by atoms with Gasteiger partial charge >= 0.3 is 0 Å². The van der Waals surface area contributed by atoms with Crippen LogP contribution in [0.5, 0.6) is 0 Å². The van der Waals surface area contributed by atoms with Crippen LogP contribution in [0.15, 0.2) is 42.6 Å². The van der Waals surface area contributed by atoms with Crippen molar-refractivity contribution in [1.29, 1.82) is 0 Å². The van der Waals surface area contributed by atoms with Crippen LogP contribution in [0.3, 0.4) is 0 Å². The molecule has 0 atom stereocenters. The van der Waals surface area contributed by atoms with Gasteiger partial charge in [-0.2, -0.15) is 0 Å². The Bertz CT molecular complexity index is 777. The molecule has 7 heteroatoms. The molecule has 0 bridgehead atoms. The fourth-order valence-corrected chi connectivity index (χ4v) is 3.16. The Hall–Kier alpha value is -2.67. The minimum absolute atomic E-state index is 0.217. The van der Waals surface area contributed by atoms with Crippen molar-refractivity contribution in [2.75, 3.05) is 0 Å². The number of carbonyl (C=O) groups is 2. The number of rotatable bonds is 5. The van der Waals surface area contributed by atoms with E-state index < -0.39 is 0 Å². The topological polar surface area (TPSA) is 86.9 Å². The molecule has 2 aromatic heterocycles. The Labute approximate surface area is 136 Å². The summed E-state index contributed by atoms with van der Waals surface area (Å²) in [5.74, 6) is -0.583. The number of aromatic amines is 1. The van der Waals surface area contributed by atoms with Gasteiger partial charge in [-0.25, -0.2) is 4.98 Å². The maximum Gasteiger partial charge on any atom is 0.286 e. The quantitative estimate of drug-likeness (QED) is 0.629. The van der Waals surface area contributed by atoms with Crippen LogP contribution in [-0.4, -0.2) is 21.8 Å². The minimum Gasteiger partial charge on any atom is -0.357 e. The summed E-state index contributed by atoms with van der Waals surface area (Å²) in [5.41, 5.74) is 6.18. The van der Waals surface area contributed by atoms with Gasteiger partial charge in [0.05, 0.1) is 15.2 Å². The Morgan fingerprint density at radius 2 is 2.00 bits per heavy atom. The van der Waals surface area contributed by atoms with Gasteiger partial charge in [-0.1, -0.05) is 12.1 Å². The van der Waals surface area contributed by atoms with Gasteiger partial charge < -0.3 is 4.98 Å². The van der Waals surface area contributed by atoms with Gasteiger partial charge in [0.2, 0.25) is 5.91 Å². The van der Waals surface area contributed by atoms with Crippen LogP contribution in [0.2, 0.25) is 0 Å². The largest absolute Gasteiger partial charge is 0.357 e. The highest BCUT2D eigenvalue weighted by Crippen LogP contribution is 2.22. The highest BCUT2D eigenvalue weighted by atomic mass is 32.1. The summed E-state index contributed by atoms with van der Waals surface area (Å²) in [7, 11) is 0. The van der Waals surface area contributed by atoms with Gasteiger partial charge in [0.1, 0.15) is 5.69 Å². The Morgan fingerprint density at radius 3 is 2.78 bits per heavy atom. The molecule has 0 aliphatic carbocycles. The van der Waals surface area contributed by atoms with Crippen LogP contribution in [0.1, 0.15) is 28.3 Å². The summed E-state index contributed by atoms with van der Waals surface area (Å²) in [4.78, 5) is 30.7. The number of amides is 2. The molecule has 3 rings (SSSR count). The monoisotopic (exact) mass is 328 g/mol. The van der Waals surface area contributed by atoms with E-state index in [1.807, 2.05) is 24.3 Å². The zero-order valence-electron chi connectivity index (χ0n) is 12.3. The number of aromatic nitrogens is 2. The van der Waals surface area contributed by atoms with Gasteiger partial charge in [-0.3, -0.25) is 20.4 Å². The van der Waals surface area contributed by atoms with E-state index in [0.717, 1.165) is 21.6 Å². The molecule has 118 valence electrons. The fourth-order valence-electron chi connectivity index (χ4n) is 2.15. The summed E-state index contributed by atoms with van der Waals surface area (Å²) in [6.07, 6.45) is 3.41. The number of hydrogen-bond donors (Lipinski definition) is 3. The number of fused-ring (bicyclic) bond motifs is 1. The van der Waals surface area contributed by atoms with Crippen LogP contribution in [0.25, 0.3) is 10.2 Å². The third-order valence-electron chi connectivity index (χ3n) is 3.29. The third kappa shape index (κ3) is 3.95. The first-order valence-electron chi connectivity index (χ1n) is 7.29. The van der Waals surface area contributed by atoms with E-state index >= 15 is 0 Å². The molecule has 0 saturated heterocycles. The molecule has 0 aliphatic heterocycles. The van der Waals surface area contributed by atoms with E-state index in [9.17, 15) is 9.59 Å². The first-order valence-corrected chi connectivity index (χ1v) is 8.11. The van der Waals surface area contributed by atoms with Crippen LogP contribution in [0.4, 0.5) is 0 Å². The number of benzene rings is 1. The Kier molecular flexibility index (Phi) is 4.68. The van der Waals surface area contributed by atoms with Gasteiger partial charge in [-0.15, -0.1) is 11.3 Å². The number of hydrazine groups is 1. The van der Waals surface area contributed by atoms with Gasteiger partial charge in [0, 0.05) is 12.6 Å². The second kappa shape index (κ2) is 7.06. The number of thiazole rings is 1. The molecule has 0 unspecified atom stereocenters. The number of nitrogens with one attached hydrogen (secondary N) is 3. The van der Waals surface area contributed by atoms with Crippen LogP contribution in [0, 0.1) is 0 Å². The van der Waals surface area contributed by atoms with Gasteiger partial charge in [-0.05, 0) is 37.1 Å². The van der Waals surface area contributed by atoms with Crippen LogP contribution < -0.4 is 10.9 Å². The third-order valence-corrected chi connectivity index (χ3v) is 4.39. The maximum atomic E-state index is 11.7. The number of aryl methyl sites for hydroxylation is 1. The fraction of sp³-hybridized carbons (Fsp3) is 0.188. The van der Waals surface area contributed by atoms with Crippen molar-refractivity contribution in [3.05, 3.63) is 53.3 Å². The number of carbonyl (C=O) groups excluding carboxylic acids is 2. The van der Waals surface area contributed by atoms with Crippen molar-refractivity contribution in [3.63, 3.8) is 0 Å². The van der Waals surface area contributed by atoms with Crippen LogP contribution >= 0.6 is 11.3 Å². The lowest BCUT2D eigenvalue weighted by Crippen LogP contribution is -2.41. The lowest BCUT2D eigenvalue weighted by molar-refractivity contribution is -0.121. The summed E-state index contributed by atoms with van der Waals surface area (Å²) in [6, 6.07) is 11.3. The average molecular weight is 328 g/mol. The standard InChI is InChI=1S/C16H16N4O2S/c21-14(19-20-16(22)12-6-4-10-17-12)8-3-9-15-18-11-5-1-2-7-13(11)23-15/h1-2,4-7,10,17H,3,8-9H2,(H,19,21)(H,20,22). The SMILES string of the molecule is O=C(CCCc1nc2ccccc2s1)NNC(=O)c1ccc[nH]1. The van der Waals surface area contributed by atoms with E-state index in [-0.39, 0.29) is 11.8 Å². The molecule has 1 aromatic carbocycles. The van der Waals surface area contributed by atoms with Crippen LogP contribution in [-0.2, 0) is 11.2 Å². The van der Waals surface area contributed by atoms with E-state index in [0.29, 0.717) is 18.5 Å². The second-order valence-electron chi connectivity index (χ2n) is 5.01. The van der Waals surface area contributed by atoms with Crippen molar-refractivity contribution in [2.45, 2.75) is 19.3 Å². The van der Waals surface area contributed by atoms with E-state index in [1.165, 1.54) is 0 Å². The van der Waals surface area contributed by atoms with Crippen molar-refractivity contribution in [2.24, 2.45) is 0 Å². The molecule has 6 nitrogen and oxygen atoms in total. The predicted molar refractivity (Wildman–Crippen MR) is 89.0 cm³/mol. The van der Waals surface area contributed by atoms with Crippen molar-refractivity contribution in [3.8, 4) is 0 Å². The molecule has 0 aliphatic rings. The maximum absolute atomic E-state index is 11.7. The Balaban J connectivity index is 1.41. The predicted octanol–water partition coefficient (Wildman–Crippen LogP) is 2.41. The summed E-state index contributed by atoms with van der Waals surface area (Å²) in [6.45, 7) is 0. The molecule has 2 amide bonds. The summed E-state index contributed by atoms with van der Waals surface area (Å²) < 4.78 is 1.16. The number of H-pyrrole nitrogens is 1. The molecule has 3 N–H and O–H groups in total. The van der Waals surface area contributed by atoms with E-state index in [1.54, 1.807) is 29.7 Å². The molecule has 0 fully saturated rings. The molecular formula is C16H16N4O2S. The normalized spacial score (nSPS) is 10.6. The van der Waals surface area contributed by atoms with Crippen molar-refractivity contribution in [1.82, 2.24) is 20.8 Å². The van der Waals surface area contributed by atoms with Gasteiger partial charge in [0.15, 0.2) is 0 Å². The van der Waals surface area contributed by atoms with Crippen molar-refractivity contribution < 1.29 is 9.59 Å². The molecule has 23 heavy (non-hydrogen) atoms. The summed E-state index contributed by atoms with van der Waals surface area (Å²) in [5, 5.41) is 1.02. The molecule has 0 saturated carbocycles.